The molecule has 24 heavy (non-hydrogen) atoms. The fourth-order valence-electron chi connectivity index (χ4n) is 3.04. The van der Waals surface area contributed by atoms with Gasteiger partial charge in [-0.05, 0) is 36.1 Å². The predicted octanol–water partition coefficient (Wildman–Crippen LogP) is 3.75. The van der Waals surface area contributed by atoms with Gasteiger partial charge in [-0.3, -0.25) is 9.36 Å². The summed E-state index contributed by atoms with van der Waals surface area (Å²) < 4.78 is 1.83. The summed E-state index contributed by atoms with van der Waals surface area (Å²) >= 11 is 0. The molecule has 0 radical (unpaired) electrons. The van der Waals surface area contributed by atoms with Gasteiger partial charge in [0.25, 0.3) is 5.56 Å². The van der Waals surface area contributed by atoms with Crippen LogP contribution in [0, 0.1) is 5.41 Å². The highest BCUT2D eigenvalue weighted by Crippen LogP contribution is 2.29. The molecule has 126 valence electrons. The van der Waals surface area contributed by atoms with Crippen LogP contribution in [-0.4, -0.2) is 15.4 Å². The molecule has 1 aliphatic rings. The Morgan fingerprint density at radius 2 is 2.25 bits per heavy atom. The highest BCUT2D eigenvalue weighted by Gasteiger charge is 2.27. The summed E-state index contributed by atoms with van der Waals surface area (Å²) in [6.45, 7) is 12.4. The predicted molar refractivity (Wildman–Crippen MR) is 102 cm³/mol. The van der Waals surface area contributed by atoms with Crippen molar-refractivity contribution in [1.82, 2.24) is 9.55 Å². The van der Waals surface area contributed by atoms with E-state index in [1.165, 1.54) is 6.20 Å². The van der Waals surface area contributed by atoms with E-state index in [0.717, 1.165) is 30.9 Å². The van der Waals surface area contributed by atoms with Gasteiger partial charge >= 0.3 is 0 Å². The first-order chi connectivity index (χ1) is 11.4. The Hall–Kier alpha value is -2.69. The Kier molecular flexibility index (Phi) is 4.09. The van der Waals surface area contributed by atoms with Gasteiger partial charge in [-0.2, -0.15) is 0 Å². The molecule has 2 aromatic rings. The Bertz CT molecular complexity index is 912. The molecule has 5 nitrogen and oxygen atoms in total. The summed E-state index contributed by atoms with van der Waals surface area (Å²) in [5.74, 6) is 1.47. The average molecular weight is 324 g/mol. The lowest BCUT2D eigenvalue weighted by molar-refractivity contribution is 0.240. The van der Waals surface area contributed by atoms with Crippen LogP contribution in [0.1, 0.15) is 27.5 Å². The molecule has 1 aliphatic heterocycles. The highest BCUT2D eigenvalue weighted by molar-refractivity contribution is 6.04. The van der Waals surface area contributed by atoms with Gasteiger partial charge in [0.15, 0.2) is 0 Å². The molecule has 0 saturated heterocycles. The quantitative estimate of drug-likeness (QED) is 0.691. The maximum absolute atomic E-state index is 12.8. The Labute approximate surface area is 142 Å². The van der Waals surface area contributed by atoms with Crippen molar-refractivity contribution in [3.8, 4) is 0 Å². The van der Waals surface area contributed by atoms with Crippen LogP contribution in [0.25, 0.3) is 10.9 Å². The van der Waals surface area contributed by atoms with Crippen molar-refractivity contribution < 1.29 is 1.43 Å². The molecule has 5 heteroatoms. The third kappa shape index (κ3) is 3.02. The number of benzene rings is 1. The molecule has 0 unspecified atom stereocenters. The first kappa shape index (κ1) is 16.2. The normalized spacial score (nSPS) is 16.5. The Balaban J connectivity index is 0.00000225. The number of anilines is 1. The zero-order chi connectivity index (χ0) is 17.3. The Morgan fingerprint density at radius 3 is 2.96 bits per heavy atom. The number of hydrogen-bond donors (Lipinski definition) is 1. The first-order valence-electron chi connectivity index (χ1n) is 8.05. The molecule has 2 heterocycles. The maximum atomic E-state index is 12.8. The fourth-order valence-corrected chi connectivity index (χ4v) is 3.04. The van der Waals surface area contributed by atoms with E-state index >= 15 is 0 Å². The molecule has 0 fully saturated rings. The summed E-state index contributed by atoms with van der Waals surface area (Å²) in [6.07, 6.45) is 4.93. The monoisotopic (exact) mass is 324 g/mol. The minimum absolute atomic E-state index is 0. The van der Waals surface area contributed by atoms with Crippen molar-refractivity contribution >= 4 is 22.4 Å². The van der Waals surface area contributed by atoms with Crippen molar-refractivity contribution in [3.05, 3.63) is 59.8 Å². The summed E-state index contributed by atoms with van der Waals surface area (Å²) in [5, 5.41) is 3.79. The molecule has 0 spiro atoms. The van der Waals surface area contributed by atoms with Crippen LogP contribution < -0.4 is 10.9 Å². The van der Waals surface area contributed by atoms with Gasteiger partial charge in [-0.15, -0.1) is 0 Å². The standard InChI is InChI=1S/C19H22N4O.H2/c1-5-16(20-6-2)21-13-7-8-14-15(11-13)22-17-9-10-19(3,4)12-23(17)18(14)24;/h5-8,11H,1-2,9-10,12H2,3-4H3,(H,20,21);1H. The van der Waals surface area contributed by atoms with Crippen molar-refractivity contribution in [2.45, 2.75) is 33.2 Å². The van der Waals surface area contributed by atoms with Crippen LogP contribution in [-0.2, 0) is 13.0 Å². The van der Waals surface area contributed by atoms with Gasteiger partial charge in [-0.25, -0.2) is 9.98 Å². The van der Waals surface area contributed by atoms with Gasteiger partial charge in [0.1, 0.15) is 11.7 Å². The lowest BCUT2D eigenvalue weighted by atomic mass is 9.85. The molecule has 1 aromatic heterocycles. The molecule has 0 atom stereocenters. The number of aryl methyl sites for hydroxylation is 1. The van der Waals surface area contributed by atoms with E-state index in [0.29, 0.717) is 16.7 Å². The lowest BCUT2D eigenvalue weighted by Gasteiger charge is -2.31. The van der Waals surface area contributed by atoms with Crippen LogP contribution >= 0.6 is 0 Å². The number of nitrogens with zero attached hydrogens (tertiary/aromatic N) is 3. The summed E-state index contributed by atoms with van der Waals surface area (Å²) in [4.78, 5) is 21.6. The summed E-state index contributed by atoms with van der Waals surface area (Å²) in [5.41, 5.74) is 1.69. The van der Waals surface area contributed by atoms with E-state index in [1.807, 2.05) is 22.8 Å². The van der Waals surface area contributed by atoms with Crippen molar-refractivity contribution in [2.75, 3.05) is 5.32 Å². The van der Waals surface area contributed by atoms with Crippen molar-refractivity contribution in [1.29, 1.82) is 0 Å². The Morgan fingerprint density at radius 1 is 1.46 bits per heavy atom. The van der Waals surface area contributed by atoms with E-state index in [1.54, 1.807) is 6.08 Å². The van der Waals surface area contributed by atoms with Crippen LogP contribution in [0.3, 0.4) is 0 Å². The molecule has 1 aromatic carbocycles. The van der Waals surface area contributed by atoms with Crippen LogP contribution in [0.4, 0.5) is 5.69 Å². The summed E-state index contributed by atoms with van der Waals surface area (Å²) in [7, 11) is 0. The van der Waals surface area contributed by atoms with E-state index in [-0.39, 0.29) is 12.4 Å². The zero-order valence-electron chi connectivity index (χ0n) is 14.2. The minimum Gasteiger partial charge on any atom is -0.340 e. The molecule has 3 rings (SSSR count). The van der Waals surface area contributed by atoms with Crippen LogP contribution in [0.5, 0.6) is 0 Å². The SMILES string of the molecule is C=CN=C(C=C)Nc1ccc2c(=O)n3c(nc2c1)CCC(C)(C)C3.[HH]. The van der Waals surface area contributed by atoms with Gasteiger partial charge in [0.2, 0.25) is 0 Å². The second kappa shape index (κ2) is 6.07. The van der Waals surface area contributed by atoms with E-state index in [4.69, 9.17) is 4.98 Å². The largest absolute Gasteiger partial charge is 0.340 e. The van der Waals surface area contributed by atoms with E-state index in [2.05, 4.69) is 37.3 Å². The number of rotatable bonds is 3. The van der Waals surface area contributed by atoms with Crippen molar-refractivity contribution in [3.63, 3.8) is 0 Å². The maximum Gasteiger partial charge on any atom is 0.261 e. The molecule has 1 N–H and O–H groups in total. The second-order valence-corrected chi connectivity index (χ2v) is 6.84. The lowest BCUT2D eigenvalue weighted by Crippen LogP contribution is -2.36. The molecular weight excluding hydrogens is 300 g/mol. The third-order valence-electron chi connectivity index (χ3n) is 4.34. The first-order valence-corrected chi connectivity index (χ1v) is 8.05. The number of nitrogens with one attached hydrogen (secondary N) is 1. The van der Waals surface area contributed by atoms with E-state index in [9.17, 15) is 4.79 Å². The van der Waals surface area contributed by atoms with Crippen LogP contribution in [0.15, 0.2) is 53.4 Å². The van der Waals surface area contributed by atoms with Gasteiger partial charge in [-0.1, -0.05) is 27.0 Å². The van der Waals surface area contributed by atoms with Gasteiger partial charge < -0.3 is 5.32 Å². The molecule has 0 saturated carbocycles. The fraction of sp³-hybridized carbons (Fsp3) is 0.316. The molecule has 0 aliphatic carbocycles. The third-order valence-corrected chi connectivity index (χ3v) is 4.34. The number of fused-ring (bicyclic) bond motifs is 2. The smallest absolute Gasteiger partial charge is 0.261 e. The molecular formula is C19H24N4O. The molecule has 0 amide bonds. The number of aliphatic imine (C=N–C) groups is 1. The minimum atomic E-state index is 0. The van der Waals surface area contributed by atoms with E-state index < -0.39 is 0 Å². The van der Waals surface area contributed by atoms with Crippen molar-refractivity contribution in [2.24, 2.45) is 10.4 Å². The zero-order valence-corrected chi connectivity index (χ0v) is 14.2. The summed E-state index contributed by atoms with van der Waals surface area (Å²) in [6, 6.07) is 5.55. The number of aromatic nitrogens is 2. The number of amidine groups is 1. The second-order valence-electron chi connectivity index (χ2n) is 6.84. The molecule has 0 bridgehead atoms. The number of hydrogen-bond acceptors (Lipinski definition) is 3. The highest BCUT2D eigenvalue weighted by atomic mass is 16.1. The average Bonchev–Trinajstić information content (AvgIpc) is 2.55. The van der Waals surface area contributed by atoms with Crippen LogP contribution in [0.2, 0.25) is 0 Å². The topological polar surface area (TPSA) is 59.3 Å². The van der Waals surface area contributed by atoms with Gasteiger partial charge in [0, 0.05) is 26.3 Å². The van der Waals surface area contributed by atoms with Gasteiger partial charge in [0.05, 0.1) is 10.9 Å².